The molecule has 0 spiro atoms. The summed E-state index contributed by atoms with van der Waals surface area (Å²) in [4.78, 5) is 64.7. The Labute approximate surface area is 253 Å². The molecule has 0 bridgehead atoms. The van der Waals surface area contributed by atoms with Gasteiger partial charge in [-0.3, -0.25) is 19.4 Å². The zero-order chi connectivity index (χ0) is 32.1. The molecule has 3 N–H and O–H groups in total. The Kier molecular flexibility index (Phi) is 12.4. The van der Waals surface area contributed by atoms with Crippen LogP contribution in [0.2, 0.25) is 0 Å². The van der Waals surface area contributed by atoms with Crippen molar-refractivity contribution < 1.29 is 38.6 Å². The lowest BCUT2D eigenvalue weighted by Gasteiger charge is -2.33. The van der Waals surface area contributed by atoms with Gasteiger partial charge in [0.1, 0.15) is 5.82 Å². The predicted octanol–water partition coefficient (Wildman–Crippen LogP) is 4.13. The molecule has 1 fully saturated rings. The average Bonchev–Trinajstić information content (AvgIpc) is 3.01. The first kappa shape index (κ1) is 33.3. The van der Waals surface area contributed by atoms with Crippen molar-refractivity contribution >= 4 is 40.9 Å². The molecule has 1 aliphatic heterocycles. The van der Waals surface area contributed by atoms with E-state index < -0.39 is 11.9 Å². The Bertz CT molecular complexity index is 1450. The zero-order valence-electron chi connectivity index (χ0n) is 24.1. The SMILES string of the molecule is CC(=O)Nc1ccc(C(=O)N(CCN2CCC(C(=O)c3ccc(F)cc3)CC2)c2cccnc2)cc1.O=C(O)/C=C/C(=O)O. The second-order valence-electron chi connectivity index (χ2n) is 9.92. The van der Waals surface area contributed by atoms with Crippen molar-refractivity contribution in [1.82, 2.24) is 9.88 Å². The van der Waals surface area contributed by atoms with Crippen LogP contribution in [0, 0.1) is 11.7 Å². The van der Waals surface area contributed by atoms with Crippen molar-refractivity contribution in [2.24, 2.45) is 5.92 Å². The van der Waals surface area contributed by atoms with Crippen LogP contribution in [0.5, 0.6) is 0 Å². The first-order chi connectivity index (χ1) is 21.0. The molecule has 4 rings (SSSR count). The Morgan fingerprint density at radius 3 is 2.05 bits per heavy atom. The Hall–Kier alpha value is -5.23. The van der Waals surface area contributed by atoms with Gasteiger partial charge in [0, 0.05) is 61.1 Å². The monoisotopic (exact) mass is 604 g/mol. The van der Waals surface area contributed by atoms with Gasteiger partial charge in [0.2, 0.25) is 5.91 Å². The summed E-state index contributed by atoms with van der Waals surface area (Å²) in [6.45, 7) is 4.05. The van der Waals surface area contributed by atoms with Crippen molar-refractivity contribution in [1.29, 1.82) is 0 Å². The molecule has 11 nitrogen and oxygen atoms in total. The number of Topliss-reactive ketones (excluding diaryl/α,β-unsaturated/α-hetero) is 1. The fourth-order valence-electron chi connectivity index (χ4n) is 4.57. The molecular formula is C32H33FN4O7. The summed E-state index contributed by atoms with van der Waals surface area (Å²) in [7, 11) is 0. The number of carboxylic acid groups (broad SMARTS) is 2. The van der Waals surface area contributed by atoms with Gasteiger partial charge in [-0.1, -0.05) is 0 Å². The number of nitrogens with one attached hydrogen (secondary N) is 1. The number of rotatable bonds is 10. The number of pyridine rings is 1. The van der Waals surface area contributed by atoms with E-state index in [1.807, 2.05) is 6.07 Å². The molecule has 1 aliphatic rings. The number of hydrogen-bond donors (Lipinski definition) is 3. The number of carbonyl (C=O) groups excluding carboxylic acids is 3. The van der Waals surface area contributed by atoms with Crippen LogP contribution >= 0.6 is 0 Å². The summed E-state index contributed by atoms with van der Waals surface area (Å²) in [5.74, 6) is -3.21. The number of amides is 2. The minimum Gasteiger partial charge on any atom is -0.478 e. The third kappa shape index (κ3) is 10.6. The van der Waals surface area contributed by atoms with Gasteiger partial charge in [-0.2, -0.15) is 0 Å². The second-order valence-corrected chi connectivity index (χ2v) is 9.92. The highest BCUT2D eigenvalue weighted by atomic mass is 19.1. The van der Waals surface area contributed by atoms with Gasteiger partial charge in [0.15, 0.2) is 5.78 Å². The van der Waals surface area contributed by atoms with E-state index in [1.54, 1.807) is 59.8 Å². The summed E-state index contributed by atoms with van der Waals surface area (Å²) in [6.07, 6.45) is 5.89. The smallest absolute Gasteiger partial charge is 0.328 e. The molecule has 0 unspecified atom stereocenters. The number of aliphatic carboxylic acids is 2. The average molecular weight is 605 g/mol. The molecule has 2 heterocycles. The lowest BCUT2D eigenvalue weighted by atomic mass is 9.89. The number of ketones is 1. The first-order valence-corrected chi connectivity index (χ1v) is 13.8. The lowest BCUT2D eigenvalue weighted by Crippen LogP contribution is -2.43. The first-order valence-electron chi connectivity index (χ1n) is 13.8. The summed E-state index contributed by atoms with van der Waals surface area (Å²) in [5.41, 5.74) is 2.39. The summed E-state index contributed by atoms with van der Waals surface area (Å²) < 4.78 is 13.2. The van der Waals surface area contributed by atoms with E-state index in [-0.39, 0.29) is 29.3 Å². The Balaban J connectivity index is 0.000000583. The van der Waals surface area contributed by atoms with Gasteiger partial charge in [-0.25, -0.2) is 14.0 Å². The maximum absolute atomic E-state index is 13.4. The molecule has 12 heteroatoms. The van der Waals surface area contributed by atoms with E-state index in [0.717, 1.165) is 25.9 Å². The number of carbonyl (C=O) groups is 5. The highest BCUT2D eigenvalue weighted by Gasteiger charge is 2.27. The number of aromatic nitrogens is 1. The molecule has 1 saturated heterocycles. The molecule has 1 aromatic heterocycles. The standard InChI is InChI=1S/C28H29FN4O3.C4H4O4/c1-20(34)31-25-10-6-23(7-11-25)28(36)33(26-3-2-14-30-19-26)18-17-32-15-12-22(13-16-32)27(35)21-4-8-24(29)9-5-21;5-3(6)1-2-4(7)8/h2-11,14,19,22H,12-13,15-18H2,1H3,(H,31,34);1-2H,(H,5,6)(H,7,8)/b;2-1+. The molecule has 0 atom stereocenters. The molecule has 2 aromatic carbocycles. The van der Waals surface area contributed by atoms with Gasteiger partial charge in [0.25, 0.3) is 5.91 Å². The molecule has 0 aliphatic carbocycles. The van der Waals surface area contributed by atoms with E-state index in [1.165, 1.54) is 19.1 Å². The number of benzene rings is 2. The van der Waals surface area contributed by atoms with Crippen LogP contribution in [0.1, 0.15) is 40.5 Å². The van der Waals surface area contributed by atoms with Crippen LogP contribution in [-0.2, 0) is 14.4 Å². The number of halogens is 1. The van der Waals surface area contributed by atoms with Crippen LogP contribution in [0.15, 0.2) is 85.2 Å². The third-order valence-electron chi connectivity index (χ3n) is 6.75. The number of nitrogens with zero attached hydrogens (tertiary/aromatic N) is 3. The minimum absolute atomic E-state index is 0.0597. The van der Waals surface area contributed by atoms with Gasteiger partial charge in [-0.15, -0.1) is 0 Å². The predicted molar refractivity (Wildman–Crippen MR) is 161 cm³/mol. The normalized spacial score (nSPS) is 13.4. The van der Waals surface area contributed by atoms with Crippen LogP contribution in [-0.4, -0.2) is 75.8 Å². The molecule has 0 radical (unpaired) electrons. The number of piperidine rings is 1. The number of anilines is 2. The minimum atomic E-state index is -1.26. The van der Waals surface area contributed by atoms with Crippen molar-refractivity contribution in [2.45, 2.75) is 19.8 Å². The zero-order valence-corrected chi connectivity index (χ0v) is 24.1. The molecule has 2 amide bonds. The van der Waals surface area contributed by atoms with Crippen LogP contribution in [0.3, 0.4) is 0 Å². The van der Waals surface area contributed by atoms with E-state index in [4.69, 9.17) is 10.2 Å². The van der Waals surface area contributed by atoms with E-state index in [2.05, 4.69) is 15.2 Å². The van der Waals surface area contributed by atoms with E-state index in [9.17, 15) is 28.4 Å². The largest absolute Gasteiger partial charge is 0.478 e. The van der Waals surface area contributed by atoms with E-state index in [0.29, 0.717) is 47.7 Å². The van der Waals surface area contributed by atoms with Gasteiger partial charge >= 0.3 is 11.9 Å². The van der Waals surface area contributed by atoms with Crippen molar-refractivity contribution in [3.8, 4) is 0 Å². The van der Waals surface area contributed by atoms with Crippen LogP contribution < -0.4 is 10.2 Å². The molecule has 0 saturated carbocycles. The Morgan fingerprint density at radius 1 is 0.932 bits per heavy atom. The number of hydrogen-bond acceptors (Lipinski definition) is 7. The van der Waals surface area contributed by atoms with Gasteiger partial charge < -0.3 is 25.3 Å². The highest BCUT2D eigenvalue weighted by Crippen LogP contribution is 2.23. The van der Waals surface area contributed by atoms with Crippen molar-refractivity contribution in [3.63, 3.8) is 0 Å². The number of carboxylic acids is 2. The quantitative estimate of drug-likeness (QED) is 0.229. The fraction of sp³-hybridized carbons (Fsp3) is 0.250. The molecule has 44 heavy (non-hydrogen) atoms. The van der Waals surface area contributed by atoms with Crippen LogP contribution in [0.25, 0.3) is 0 Å². The molecule has 230 valence electrons. The number of likely N-dealkylation sites (tertiary alicyclic amines) is 1. The summed E-state index contributed by atoms with van der Waals surface area (Å²) in [5, 5.41) is 18.3. The van der Waals surface area contributed by atoms with Crippen molar-refractivity contribution in [2.75, 3.05) is 36.4 Å². The fourth-order valence-corrected chi connectivity index (χ4v) is 4.57. The molecule has 3 aromatic rings. The van der Waals surface area contributed by atoms with Crippen molar-refractivity contribution in [3.05, 3.63) is 102 Å². The topological polar surface area (TPSA) is 157 Å². The van der Waals surface area contributed by atoms with Gasteiger partial charge in [-0.05, 0) is 86.6 Å². The van der Waals surface area contributed by atoms with Gasteiger partial charge in [0.05, 0.1) is 11.9 Å². The lowest BCUT2D eigenvalue weighted by molar-refractivity contribution is -0.134. The highest BCUT2D eigenvalue weighted by molar-refractivity contribution is 6.06. The van der Waals surface area contributed by atoms with E-state index >= 15 is 0 Å². The molecular weight excluding hydrogens is 571 g/mol. The van der Waals surface area contributed by atoms with Crippen LogP contribution in [0.4, 0.5) is 15.8 Å². The maximum atomic E-state index is 13.4. The summed E-state index contributed by atoms with van der Waals surface area (Å²) >= 11 is 0. The summed E-state index contributed by atoms with van der Waals surface area (Å²) in [6, 6.07) is 16.2. The Morgan fingerprint density at radius 2 is 1.52 bits per heavy atom. The third-order valence-corrected chi connectivity index (χ3v) is 6.75. The second kappa shape index (κ2) is 16.4. The maximum Gasteiger partial charge on any atom is 0.328 e.